The van der Waals surface area contributed by atoms with Crippen molar-refractivity contribution >= 4 is 0 Å². The van der Waals surface area contributed by atoms with E-state index in [1.54, 1.807) is 0 Å². The molecule has 0 aromatic heterocycles. The molecular formula is C16H22FN. The Balaban J connectivity index is 1.70. The van der Waals surface area contributed by atoms with E-state index in [4.69, 9.17) is 0 Å². The monoisotopic (exact) mass is 247 g/mol. The highest BCUT2D eigenvalue weighted by molar-refractivity contribution is 5.32. The van der Waals surface area contributed by atoms with Crippen molar-refractivity contribution < 1.29 is 4.39 Å². The van der Waals surface area contributed by atoms with Crippen LogP contribution in [-0.4, -0.2) is 18.8 Å². The second-order valence-electron chi connectivity index (χ2n) is 5.74. The largest absolute Gasteiger partial charge is 0.311 e. The third-order valence-corrected chi connectivity index (χ3v) is 4.54. The minimum absolute atomic E-state index is 0.110. The van der Waals surface area contributed by atoms with Gasteiger partial charge in [-0.2, -0.15) is 0 Å². The first kappa shape index (κ1) is 12.2. The summed E-state index contributed by atoms with van der Waals surface area (Å²) < 4.78 is 14.3. The number of benzene rings is 1. The van der Waals surface area contributed by atoms with Crippen molar-refractivity contribution in [3.8, 4) is 0 Å². The number of nitrogens with one attached hydrogen (secondary N) is 1. The first-order valence-electron chi connectivity index (χ1n) is 7.30. The van der Waals surface area contributed by atoms with Crippen LogP contribution >= 0.6 is 0 Å². The van der Waals surface area contributed by atoms with Crippen LogP contribution in [0, 0.1) is 0 Å². The summed E-state index contributed by atoms with van der Waals surface area (Å²) in [6.45, 7) is 0.992. The molecule has 2 aliphatic rings. The second-order valence-corrected chi connectivity index (χ2v) is 5.74. The van der Waals surface area contributed by atoms with Gasteiger partial charge in [0.1, 0.15) is 6.17 Å². The van der Waals surface area contributed by atoms with Crippen molar-refractivity contribution in [3.05, 3.63) is 35.4 Å². The molecule has 0 radical (unpaired) electrons. The van der Waals surface area contributed by atoms with E-state index < -0.39 is 6.17 Å². The summed E-state index contributed by atoms with van der Waals surface area (Å²) in [6.07, 6.45) is 5.71. The van der Waals surface area contributed by atoms with Gasteiger partial charge in [-0.25, -0.2) is 4.39 Å². The molecule has 0 bridgehead atoms. The van der Waals surface area contributed by atoms with Crippen LogP contribution in [0.2, 0.25) is 0 Å². The number of alkyl halides is 1. The van der Waals surface area contributed by atoms with Crippen LogP contribution in [0.3, 0.4) is 0 Å². The van der Waals surface area contributed by atoms with E-state index in [1.807, 2.05) is 0 Å². The molecule has 2 heteroatoms. The number of aryl methyl sites for hydroxylation is 1. The highest BCUT2D eigenvalue weighted by atomic mass is 19.1. The molecule has 0 spiro atoms. The van der Waals surface area contributed by atoms with Gasteiger partial charge in [0.15, 0.2) is 0 Å². The van der Waals surface area contributed by atoms with Gasteiger partial charge in [-0.15, -0.1) is 0 Å². The molecule has 98 valence electrons. The fourth-order valence-corrected chi connectivity index (χ4v) is 3.56. The first-order chi connectivity index (χ1) is 8.84. The maximum atomic E-state index is 14.3. The van der Waals surface area contributed by atoms with E-state index in [2.05, 4.69) is 29.6 Å². The Morgan fingerprint density at radius 1 is 1.22 bits per heavy atom. The maximum Gasteiger partial charge on any atom is 0.116 e. The predicted molar refractivity (Wildman–Crippen MR) is 72.7 cm³/mol. The lowest BCUT2D eigenvalue weighted by Crippen LogP contribution is -2.33. The van der Waals surface area contributed by atoms with Crippen molar-refractivity contribution in [2.75, 3.05) is 6.54 Å². The molecule has 1 aliphatic heterocycles. The summed E-state index contributed by atoms with van der Waals surface area (Å²) in [5.41, 5.74) is 2.85. The summed E-state index contributed by atoms with van der Waals surface area (Å²) in [5.74, 6) is 0.437. The molecule has 0 amide bonds. The predicted octanol–water partition coefficient (Wildman–Crippen LogP) is 3.59. The molecule has 1 heterocycles. The third kappa shape index (κ3) is 2.44. The molecule has 1 aliphatic carbocycles. The summed E-state index contributed by atoms with van der Waals surface area (Å²) >= 11 is 0. The zero-order valence-corrected chi connectivity index (χ0v) is 10.9. The van der Waals surface area contributed by atoms with E-state index in [0.717, 1.165) is 25.8 Å². The number of hydrogen-bond acceptors (Lipinski definition) is 1. The molecule has 1 aromatic rings. The van der Waals surface area contributed by atoms with Crippen molar-refractivity contribution in [3.63, 3.8) is 0 Å². The van der Waals surface area contributed by atoms with Crippen LogP contribution in [-0.2, 0) is 6.42 Å². The Morgan fingerprint density at radius 2 is 2.11 bits per heavy atom. The van der Waals surface area contributed by atoms with Crippen LogP contribution in [0.1, 0.15) is 49.1 Å². The van der Waals surface area contributed by atoms with Crippen molar-refractivity contribution in [1.82, 2.24) is 5.32 Å². The highest BCUT2D eigenvalue weighted by Gasteiger charge is 2.29. The molecule has 3 rings (SSSR count). The standard InChI is InChI=1S/C16H22FN/c17-15(16-9-4-10-18-16)11-13-7-3-6-12-5-1-2-8-14(12)13/h1-2,5,8,13,15-16,18H,3-4,6-7,9-11H2. The van der Waals surface area contributed by atoms with E-state index in [9.17, 15) is 4.39 Å². The van der Waals surface area contributed by atoms with Crippen LogP contribution in [0.5, 0.6) is 0 Å². The molecular weight excluding hydrogens is 225 g/mol. The van der Waals surface area contributed by atoms with E-state index in [1.165, 1.54) is 24.0 Å². The molecule has 3 atom stereocenters. The van der Waals surface area contributed by atoms with Gasteiger partial charge in [-0.1, -0.05) is 24.3 Å². The van der Waals surface area contributed by atoms with Gasteiger partial charge >= 0.3 is 0 Å². The second kappa shape index (κ2) is 5.40. The molecule has 1 N–H and O–H groups in total. The Labute approximate surface area is 109 Å². The average Bonchev–Trinajstić information content (AvgIpc) is 2.93. The molecule has 0 saturated carbocycles. The topological polar surface area (TPSA) is 12.0 Å². The summed E-state index contributed by atoms with van der Waals surface area (Å²) in [6, 6.07) is 8.72. The third-order valence-electron chi connectivity index (χ3n) is 4.54. The lowest BCUT2D eigenvalue weighted by Gasteiger charge is -2.28. The molecule has 1 nitrogen and oxygen atoms in total. The van der Waals surface area contributed by atoms with Gasteiger partial charge < -0.3 is 5.32 Å². The quantitative estimate of drug-likeness (QED) is 0.860. The maximum absolute atomic E-state index is 14.3. The average molecular weight is 247 g/mol. The zero-order chi connectivity index (χ0) is 12.4. The number of hydrogen-bond donors (Lipinski definition) is 1. The van der Waals surface area contributed by atoms with Crippen molar-refractivity contribution in [2.24, 2.45) is 0 Å². The smallest absolute Gasteiger partial charge is 0.116 e. The van der Waals surface area contributed by atoms with Crippen LogP contribution in [0.15, 0.2) is 24.3 Å². The highest BCUT2D eigenvalue weighted by Crippen LogP contribution is 2.36. The molecule has 1 fully saturated rings. The lowest BCUT2D eigenvalue weighted by molar-refractivity contribution is 0.230. The van der Waals surface area contributed by atoms with Gasteiger partial charge in [-0.3, -0.25) is 0 Å². The first-order valence-corrected chi connectivity index (χ1v) is 7.30. The fraction of sp³-hybridized carbons (Fsp3) is 0.625. The minimum atomic E-state index is -0.677. The number of fused-ring (bicyclic) bond motifs is 1. The van der Waals surface area contributed by atoms with Gasteiger partial charge in [0.05, 0.1) is 0 Å². The summed E-state index contributed by atoms with van der Waals surface area (Å²) in [7, 11) is 0. The van der Waals surface area contributed by atoms with Gasteiger partial charge in [0.2, 0.25) is 0 Å². The van der Waals surface area contributed by atoms with E-state index in [0.29, 0.717) is 12.3 Å². The molecule has 18 heavy (non-hydrogen) atoms. The van der Waals surface area contributed by atoms with Gasteiger partial charge in [0, 0.05) is 6.04 Å². The Kier molecular flexibility index (Phi) is 3.64. The molecule has 1 saturated heterocycles. The van der Waals surface area contributed by atoms with E-state index in [-0.39, 0.29) is 6.04 Å². The number of rotatable bonds is 3. The Hall–Kier alpha value is -0.890. The number of halogens is 1. The van der Waals surface area contributed by atoms with Crippen molar-refractivity contribution in [2.45, 2.75) is 56.7 Å². The zero-order valence-electron chi connectivity index (χ0n) is 10.9. The van der Waals surface area contributed by atoms with Crippen LogP contribution in [0.25, 0.3) is 0 Å². The van der Waals surface area contributed by atoms with Crippen LogP contribution in [0.4, 0.5) is 4.39 Å². The normalized spacial score (nSPS) is 28.9. The van der Waals surface area contributed by atoms with Crippen molar-refractivity contribution in [1.29, 1.82) is 0 Å². The van der Waals surface area contributed by atoms with Crippen LogP contribution < -0.4 is 5.32 Å². The lowest BCUT2D eigenvalue weighted by atomic mass is 9.79. The SMILES string of the molecule is FC(CC1CCCc2ccccc21)C1CCCN1. The molecule has 3 unspecified atom stereocenters. The Morgan fingerprint density at radius 3 is 2.94 bits per heavy atom. The summed E-state index contributed by atoms with van der Waals surface area (Å²) in [5, 5.41) is 3.29. The Bertz CT molecular complexity index is 398. The molecule has 1 aromatic carbocycles. The minimum Gasteiger partial charge on any atom is -0.311 e. The van der Waals surface area contributed by atoms with Gasteiger partial charge in [0.25, 0.3) is 0 Å². The van der Waals surface area contributed by atoms with Gasteiger partial charge in [-0.05, 0) is 62.1 Å². The van der Waals surface area contributed by atoms with E-state index >= 15 is 0 Å². The summed E-state index contributed by atoms with van der Waals surface area (Å²) in [4.78, 5) is 0. The fourth-order valence-electron chi connectivity index (χ4n) is 3.56.